The molecule has 0 saturated heterocycles. The van der Waals surface area contributed by atoms with Crippen molar-refractivity contribution in [3.63, 3.8) is 0 Å². The second kappa shape index (κ2) is 6.57. The quantitative estimate of drug-likeness (QED) is 0.799. The summed E-state index contributed by atoms with van der Waals surface area (Å²) in [6.45, 7) is 7.07. The number of nitrogens with zero attached hydrogens (tertiary/aromatic N) is 1. The fourth-order valence-electron chi connectivity index (χ4n) is 3.74. The summed E-state index contributed by atoms with van der Waals surface area (Å²) in [5, 5.41) is 0. The number of rotatable bonds is 3. The summed E-state index contributed by atoms with van der Waals surface area (Å²) in [4.78, 5) is 14.1. The van der Waals surface area contributed by atoms with Crippen LogP contribution in [0.15, 0.2) is 48.5 Å². The van der Waals surface area contributed by atoms with Crippen molar-refractivity contribution in [1.82, 2.24) is 0 Å². The van der Waals surface area contributed by atoms with Crippen LogP contribution >= 0.6 is 0 Å². The highest BCUT2D eigenvalue weighted by Gasteiger charge is 2.30. The van der Waals surface area contributed by atoms with Gasteiger partial charge in [-0.25, -0.2) is 0 Å². The van der Waals surface area contributed by atoms with Gasteiger partial charge in [0.15, 0.2) is 0 Å². The Morgan fingerprint density at radius 1 is 1.13 bits per heavy atom. The van der Waals surface area contributed by atoms with Gasteiger partial charge in [0.05, 0.1) is 5.69 Å². The molecular formula is C21H25NO. The lowest BCUT2D eigenvalue weighted by atomic mass is 9.80. The average Bonchev–Trinajstić information content (AvgIpc) is 2.54. The zero-order valence-electron chi connectivity index (χ0n) is 14.3. The van der Waals surface area contributed by atoms with Crippen LogP contribution in [0.4, 0.5) is 5.69 Å². The zero-order valence-corrected chi connectivity index (χ0v) is 14.3. The molecule has 120 valence electrons. The molecule has 0 N–H and O–H groups in total. The SMILES string of the molecule is CC(=O)N1CCC(C(C)C)c2cccc(Cc3ccccc3)c21. The largest absolute Gasteiger partial charge is 0.312 e. The molecule has 0 bridgehead atoms. The maximum absolute atomic E-state index is 12.2. The van der Waals surface area contributed by atoms with Crippen LogP contribution in [0, 0.1) is 5.92 Å². The molecule has 0 fully saturated rings. The Bertz CT molecular complexity index is 690. The second-order valence-corrected chi connectivity index (χ2v) is 6.83. The summed E-state index contributed by atoms with van der Waals surface area (Å²) in [5.41, 5.74) is 5.05. The second-order valence-electron chi connectivity index (χ2n) is 6.83. The predicted molar refractivity (Wildman–Crippen MR) is 95.9 cm³/mol. The number of fused-ring (bicyclic) bond motifs is 1. The van der Waals surface area contributed by atoms with Gasteiger partial charge in [0.2, 0.25) is 5.91 Å². The van der Waals surface area contributed by atoms with Crippen molar-refractivity contribution in [2.24, 2.45) is 5.92 Å². The van der Waals surface area contributed by atoms with Gasteiger partial charge >= 0.3 is 0 Å². The van der Waals surface area contributed by atoms with Gasteiger partial charge in [-0.15, -0.1) is 0 Å². The Morgan fingerprint density at radius 2 is 1.87 bits per heavy atom. The topological polar surface area (TPSA) is 20.3 Å². The van der Waals surface area contributed by atoms with Crippen LogP contribution in [-0.4, -0.2) is 12.5 Å². The van der Waals surface area contributed by atoms with E-state index < -0.39 is 0 Å². The van der Waals surface area contributed by atoms with Crippen molar-refractivity contribution < 1.29 is 4.79 Å². The molecular weight excluding hydrogens is 282 g/mol. The number of benzene rings is 2. The van der Waals surface area contributed by atoms with E-state index in [-0.39, 0.29) is 5.91 Å². The molecule has 1 aliphatic heterocycles. The van der Waals surface area contributed by atoms with Crippen LogP contribution in [0.2, 0.25) is 0 Å². The molecule has 1 aliphatic rings. The van der Waals surface area contributed by atoms with E-state index in [1.54, 1.807) is 6.92 Å². The molecule has 23 heavy (non-hydrogen) atoms. The minimum absolute atomic E-state index is 0.147. The normalized spacial score (nSPS) is 17.2. The van der Waals surface area contributed by atoms with Crippen LogP contribution in [-0.2, 0) is 11.2 Å². The van der Waals surface area contributed by atoms with Gasteiger partial charge in [-0.2, -0.15) is 0 Å². The van der Waals surface area contributed by atoms with Gasteiger partial charge in [0.1, 0.15) is 0 Å². The number of anilines is 1. The van der Waals surface area contributed by atoms with Crippen molar-refractivity contribution >= 4 is 11.6 Å². The van der Waals surface area contributed by atoms with Crippen molar-refractivity contribution in [2.45, 2.75) is 39.5 Å². The summed E-state index contributed by atoms with van der Waals surface area (Å²) in [6, 6.07) is 17.0. The van der Waals surface area contributed by atoms with Crippen molar-refractivity contribution in [3.8, 4) is 0 Å². The minimum Gasteiger partial charge on any atom is -0.312 e. The smallest absolute Gasteiger partial charge is 0.223 e. The molecule has 0 aromatic heterocycles. The molecule has 3 rings (SSSR count). The van der Waals surface area contributed by atoms with Crippen molar-refractivity contribution in [1.29, 1.82) is 0 Å². The molecule has 2 aromatic rings. The number of amides is 1. The third kappa shape index (κ3) is 3.17. The molecule has 1 amide bonds. The lowest BCUT2D eigenvalue weighted by Crippen LogP contribution is -2.37. The molecule has 1 atom stereocenters. The highest BCUT2D eigenvalue weighted by Crippen LogP contribution is 2.42. The van der Waals surface area contributed by atoms with E-state index in [1.807, 2.05) is 11.0 Å². The molecule has 1 heterocycles. The van der Waals surface area contributed by atoms with E-state index in [2.05, 4.69) is 56.3 Å². The molecule has 2 nitrogen and oxygen atoms in total. The van der Waals surface area contributed by atoms with Crippen LogP contribution in [0.3, 0.4) is 0 Å². The molecule has 1 unspecified atom stereocenters. The molecule has 2 aromatic carbocycles. The average molecular weight is 307 g/mol. The van der Waals surface area contributed by atoms with Gasteiger partial charge in [-0.1, -0.05) is 62.4 Å². The molecule has 2 heteroatoms. The molecule has 0 spiro atoms. The van der Waals surface area contributed by atoms with Crippen LogP contribution in [0.25, 0.3) is 0 Å². The number of para-hydroxylation sites is 1. The summed E-state index contributed by atoms with van der Waals surface area (Å²) >= 11 is 0. The summed E-state index contributed by atoms with van der Waals surface area (Å²) in [5.74, 6) is 1.28. The predicted octanol–water partition coefficient (Wildman–Crippen LogP) is 4.77. The first kappa shape index (κ1) is 15.8. The maximum Gasteiger partial charge on any atom is 0.223 e. The third-order valence-electron chi connectivity index (χ3n) is 4.91. The van der Waals surface area contributed by atoms with Crippen LogP contribution in [0.5, 0.6) is 0 Å². The first-order valence-corrected chi connectivity index (χ1v) is 8.51. The van der Waals surface area contributed by atoms with E-state index in [9.17, 15) is 4.79 Å². The molecule has 0 aliphatic carbocycles. The summed E-state index contributed by atoms with van der Waals surface area (Å²) < 4.78 is 0. The Morgan fingerprint density at radius 3 is 2.52 bits per heavy atom. The highest BCUT2D eigenvalue weighted by molar-refractivity contribution is 5.94. The molecule has 0 saturated carbocycles. The van der Waals surface area contributed by atoms with E-state index in [0.29, 0.717) is 11.8 Å². The third-order valence-corrected chi connectivity index (χ3v) is 4.91. The van der Waals surface area contributed by atoms with E-state index >= 15 is 0 Å². The minimum atomic E-state index is 0.147. The van der Waals surface area contributed by atoms with E-state index in [4.69, 9.17) is 0 Å². The first-order chi connectivity index (χ1) is 11.1. The van der Waals surface area contributed by atoms with Crippen LogP contribution in [0.1, 0.15) is 49.8 Å². The van der Waals surface area contributed by atoms with Gasteiger partial charge in [0.25, 0.3) is 0 Å². The Labute approximate surface area is 139 Å². The maximum atomic E-state index is 12.2. The highest BCUT2D eigenvalue weighted by atomic mass is 16.2. The van der Waals surface area contributed by atoms with Gasteiger partial charge in [-0.05, 0) is 41.4 Å². The van der Waals surface area contributed by atoms with Gasteiger partial charge < -0.3 is 4.90 Å². The van der Waals surface area contributed by atoms with Crippen molar-refractivity contribution in [3.05, 3.63) is 65.2 Å². The Kier molecular flexibility index (Phi) is 4.51. The van der Waals surface area contributed by atoms with E-state index in [1.165, 1.54) is 16.7 Å². The van der Waals surface area contributed by atoms with Crippen LogP contribution < -0.4 is 4.90 Å². The fraction of sp³-hybridized carbons (Fsp3) is 0.381. The first-order valence-electron chi connectivity index (χ1n) is 8.51. The van der Waals surface area contributed by atoms with E-state index in [0.717, 1.165) is 25.1 Å². The number of hydrogen-bond donors (Lipinski definition) is 0. The lowest BCUT2D eigenvalue weighted by molar-refractivity contribution is -0.116. The monoisotopic (exact) mass is 307 g/mol. The van der Waals surface area contributed by atoms with Crippen molar-refractivity contribution in [2.75, 3.05) is 11.4 Å². The van der Waals surface area contributed by atoms with Gasteiger partial charge in [0, 0.05) is 13.5 Å². The Hall–Kier alpha value is -2.09. The fourth-order valence-corrected chi connectivity index (χ4v) is 3.74. The summed E-state index contributed by atoms with van der Waals surface area (Å²) in [6.07, 6.45) is 1.93. The zero-order chi connectivity index (χ0) is 16.4. The number of carbonyl (C=O) groups is 1. The number of carbonyl (C=O) groups excluding carboxylic acids is 1. The Balaban J connectivity index is 2.07. The number of hydrogen-bond acceptors (Lipinski definition) is 1. The lowest BCUT2D eigenvalue weighted by Gasteiger charge is -2.37. The van der Waals surface area contributed by atoms with Gasteiger partial charge in [-0.3, -0.25) is 4.79 Å². The molecule has 0 radical (unpaired) electrons. The standard InChI is InChI=1S/C21H25NO/c1-15(2)19-12-13-22(16(3)23)21-18(10-7-11-20(19)21)14-17-8-5-4-6-9-17/h4-11,15,19H,12-14H2,1-3H3. The summed E-state index contributed by atoms with van der Waals surface area (Å²) in [7, 11) is 0.